The number of rotatable bonds is 12. The van der Waals surface area contributed by atoms with Gasteiger partial charge in [-0.25, -0.2) is 14.3 Å². The van der Waals surface area contributed by atoms with Crippen molar-refractivity contribution in [3.05, 3.63) is 102 Å². The van der Waals surface area contributed by atoms with Gasteiger partial charge < -0.3 is 19.3 Å². The van der Waals surface area contributed by atoms with Crippen LogP contribution in [-0.2, 0) is 35.2 Å². The molecule has 0 aliphatic carbocycles. The first kappa shape index (κ1) is 45.2. The highest BCUT2D eigenvalue weighted by Gasteiger charge is 2.33. The lowest BCUT2D eigenvalue weighted by Gasteiger charge is -2.30. The van der Waals surface area contributed by atoms with Crippen LogP contribution in [0.5, 0.6) is 0 Å². The van der Waals surface area contributed by atoms with Gasteiger partial charge in [0.25, 0.3) is 5.91 Å². The van der Waals surface area contributed by atoms with Crippen LogP contribution in [0, 0.1) is 19.3 Å². The molecule has 2 aliphatic heterocycles. The molecule has 2 aliphatic rings. The van der Waals surface area contributed by atoms with Gasteiger partial charge in [-0.1, -0.05) is 69.3 Å². The van der Waals surface area contributed by atoms with E-state index in [1.807, 2.05) is 39.0 Å². The third-order valence-corrected chi connectivity index (χ3v) is 13.3. The second kappa shape index (κ2) is 20.9. The molecule has 0 unspecified atom stereocenters. The predicted octanol–water partition coefficient (Wildman–Crippen LogP) is 10.6. The number of aromatic nitrogens is 4. The first-order valence-electron chi connectivity index (χ1n) is 19.9. The number of thiophene rings is 2. The topological polar surface area (TPSA) is 123 Å². The van der Waals surface area contributed by atoms with Gasteiger partial charge in [0.1, 0.15) is 13.2 Å². The zero-order chi connectivity index (χ0) is 42.0. The zero-order valence-corrected chi connectivity index (χ0v) is 37.4. The Bertz CT molecular complexity index is 2030. The van der Waals surface area contributed by atoms with Gasteiger partial charge in [0, 0.05) is 58.9 Å². The van der Waals surface area contributed by atoms with E-state index in [1.54, 1.807) is 49.3 Å². The molecule has 0 bridgehead atoms. The number of hydrogen-bond donors (Lipinski definition) is 1. The molecule has 0 saturated carbocycles. The van der Waals surface area contributed by atoms with Gasteiger partial charge in [0.15, 0.2) is 0 Å². The van der Waals surface area contributed by atoms with Crippen molar-refractivity contribution in [2.24, 2.45) is 5.41 Å². The maximum Gasteiger partial charge on any atom is 0.410 e. The largest absolute Gasteiger partial charge is 0.445 e. The molecule has 11 nitrogen and oxygen atoms in total. The van der Waals surface area contributed by atoms with Crippen LogP contribution in [0.15, 0.2) is 49.6 Å². The molecule has 0 spiro atoms. The van der Waals surface area contributed by atoms with E-state index in [4.69, 9.17) is 37.8 Å². The normalized spacial score (nSPS) is 15.2. The van der Waals surface area contributed by atoms with E-state index in [1.165, 1.54) is 21.0 Å². The van der Waals surface area contributed by atoms with E-state index in [2.05, 4.69) is 43.3 Å². The van der Waals surface area contributed by atoms with E-state index < -0.39 is 5.41 Å². The highest BCUT2D eigenvalue weighted by molar-refractivity contribution is 7.16. The number of halogens is 2. The number of ether oxygens (including phenoxy) is 2. The minimum atomic E-state index is -0.533. The predicted molar refractivity (Wildman–Crippen MR) is 234 cm³/mol. The average Bonchev–Trinajstić information content (AvgIpc) is 4.00. The Morgan fingerprint density at radius 1 is 0.776 bits per heavy atom. The lowest BCUT2D eigenvalue weighted by atomic mass is 9.90. The molecule has 4 aromatic heterocycles. The summed E-state index contributed by atoms with van der Waals surface area (Å²) in [6.45, 7) is 20.2. The molecule has 2 saturated heterocycles. The van der Waals surface area contributed by atoms with Crippen LogP contribution in [-0.4, -0.2) is 87.3 Å². The quantitative estimate of drug-likeness (QED) is 0.141. The Balaban J connectivity index is 0.000000226. The van der Waals surface area contributed by atoms with Crippen LogP contribution in [0.4, 0.5) is 9.59 Å². The van der Waals surface area contributed by atoms with Crippen LogP contribution in [0.3, 0.4) is 0 Å². The van der Waals surface area contributed by atoms with Crippen LogP contribution in [0.2, 0.25) is 8.67 Å². The number of aryl methyl sites for hydroxylation is 3. The zero-order valence-electron chi connectivity index (χ0n) is 34.3. The summed E-state index contributed by atoms with van der Waals surface area (Å²) in [5, 5.41) is 12.6. The molecule has 15 heteroatoms. The van der Waals surface area contributed by atoms with E-state index >= 15 is 0 Å². The third kappa shape index (κ3) is 11.9. The molecule has 6 rings (SSSR count). The number of piperidine rings is 2. The summed E-state index contributed by atoms with van der Waals surface area (Å²) in [6.07, 6.45) is 9.46. The molecule has 58 heavy (non-hydrogen) atoms. The van der Waals surface area contributed by atoms with Crippen molar-refractivity contribution in [1.82, 2.24) is 29.8 Å². The van der Waals surface area contributed by atoms with Crippen molar-refractivity contribution >= 4 is 64.0 Å². The monoisotopic (exact) mass is 870 g/mol. The summed E-state index contributed by atoms with van der Waals surface area (Å²) in [5.74, 6) is 0.596. The summed E-state index contributed by atoms with van der Waals surface area (Å²) >= 11 is 15.3. The number of hydrogen-bond acceptors (Lipinski definition) is 9. The van der Waals surface area contributed by atoms with Gasteiger partial charge in [0.2, 0.25) is 0 Å². The van der Waals surface area contributed by atoms with Gasteiger partial charge in [-0.3, -0.25) is 9.89 Å². The summed E-state index contributed by atoms with van der Waals surface area (Å²) in [4.78, 5) is 43.2. The van der Waals surface area contributed by atoms with E-state index in [-0.39, 0.29) is 37.2 Å². The van der Waals surface area contributed by atoms with E-state index in [9.17, 15) is 14.4 Å². The number of likely N-dealkylation sites (tertiary alicyclic amines) is 2. The fraction of sp³-hybridized carbons (Fsp3) is 0.512. The number of carbonyl (C=O) groups excluding carboxylic acids is 3. The second-order valence-electron chi connectivity index (χ2n) is 15.8. The Morgan fingerprint density at radius 2 is 1.26 bits per heavy atom. The maximum absolute atomic E-state index is 13.2. The van der Waals surface area contributed by atoms with Crippen molar-refractivity contribution in [3.8, 4) is 0 Å². The summed E-state index contributed by atoms with van der Waals surface area (Å²) in [7, 11) is 0. The number of carbonyl (C=O) groups is 3. The lowest BCUT2D eigenvalue weighted by molar-refractivity contribution is 0.0743. The standard InChI is InChI=1S/C24H32ClN3O3S.C19H24ClN3O2S/c1-6-15-31-23(30)27-13-11-17(12-14-27)21-16(2)19(9-7-18-8-10-20(25)32-18)28(26-21)22(29)24(3,4)5;1-3-12-25-19(24)23-10-8-14(9-11-23)18-13(2)16(21-22-18)6-4-15-5-7-17(20)26-15/h6,8,10,17H,1,7,9,11-15H2,2-5H3;3,5,7,14H,1,4,6,8-12H2,2H3,(H,21,22). The molecular weight excluding hydrogens is 816 g/mol. The van der Waals surface area contributed by atoms with Crippen molar-refractivity contribution in [2.45, 2.75) is 97.8 Å². The molecular formula is C43H56Cl2N6O5S2. The molecule has 4 aromatic rings. The second-order valence-corrected chi connectivity index (χ2v) is 19.4. The Labute approximate surface area is 360 Å². The highest BCUT2D eigenvalue weighted by atomic mass is 35.5. The number of H-pyrrole nitrogens is 1. The fourth-order valence-electron chi connectivity index (χ4n) is 7.38. The van der Waals surface area contributed by atoms with Crippen molar-refractivity contribution < 1.29 is 23.9 Å². The SMILES string of the molecule is C=CCOC(=O)N1CCC(c2n[nH]c(CCc3ccc(Cl)s3)c2C)CC1.C=CCOC(=O)N1CCC(c2nn(C(=O)C(C)(C)C)c(CCc3ccc(Cl)s3)c2C)CC1. The number of nitrogens with zero attached hydrogens (tertiary/aromatic N) is 5. The van der Waals surface area contributed by atoms with Crippen LogP contribution in [0.25, 0.3) is 0 Å². The Hall–Kier alpha value is -3.91. The van der Waals surface area contributed by atoms with Crippen LogP contribution in [0.1, 0.15) is 107 Å². The minimum absolute atomic E-state index is 0.00324. The van der Waals surface area contributed by atoms with Gasteiger partial charge >= 0.3 is 12.2 Å². The van der Waals surface area contributed by atoms with Crippen molar-refractivity contribution in [3.63, 3.8) is 0 Å². The minimum Gasteiger partial charge on any atom is -0.445 e. The maximum atomic E-state index is 13.2. The Kier molecular flexibility index (Phi) is 16.3. The van der Waals surface area contributed by atoms with Crippen LogP contribution >= 0.6 is 45.9 Å². The average molecular weight is 872 g/mol. The Morgan fingerprint density at radius 3 is 1.71 bits per heavy atom. The summed E-state index contributed by atoms with van der Waals surface area (Å²) in [5.41, 5.74) is 6.08. The van der Waals surface area contributed by atoms with Crippen molar-refractivity contribution in [2.75, 3.05) is 39.4 Å². The smallest absolute Gasteiger partial charge is 0.410 e. The van der Waals surface area contributed by atoms with E-state index in [0.717, 1.165) is 82.7 Å². The number of nitrogens with one attached hydrogen (secondary N) is 1. The van der Waals surface area contributed by atoms with E-state index in [0.29, 0.717) is 32.1 Å². The van der Waals surface area contributed by atoms with Crippen molar-refractivity contribution in [1.29, 1.82) is 0 Å². The molecule has 1 N–H and O–H groups in total. The molecule has 0 atom stereocenters. The summed E-state index contributed by atoms with van der Waals surface area (Å²) in [6, 6.07) is 7.98. The highest BCUT2D eigenvalue weighted by Crippen LogP contribution is 2.34. The molecule has 2 amide bonds. The molecule has 0 radical (unpaired) electrons. The number of aromatic amines is 1. The first-order chi connectivity index (χ1) is 27.7. The van der Waals surface area contributed by atoms with Crippen LogP contribution < -0.4 is 0 Å². The van der Waals surface area contributed by atoms with Gasteiger partial charge in [0.05, 0.1) is 25.8 Å². The fourth-order valence-corrected chi connectivity index (χ4v) is 9.56. The summed E-state index contributed by atoms with van der Waals surface area (Å²) < 4.78 is 13.5. The number of amides is 2. The lowest BCUT2D eigenvalue weighted by Crippen LogP contribution is -2.38. The molecule has 0 aromatic carbocycles. The van der Waals surface area contributed by atoms with Gasteiger partial charge in [-0.2, -0.15) is 10.2 Å². The van der Waals surface area contributed by atoms with Gasteiger partial charge in [-0.05, 0) is 101 Å². The molecule has 2 fully saturated rings. The molecule has 6 heterocycles. The first-order valence-corrected chi connectivity index (χ1v) is 22.3. The molecule has 314 valence electrons. The third-order valence-electron chi connectivity index (χ3n) is 10.7. The van der Waals surface area contributed by atoms with Gasteiger partial charge in [-0.15, -0.1) is 22.7 Å².